The molecule has 156 valence electrons. The van der Waals surface area contributed by atoms with E-state index in [2.05, 4.69) is 5.32 Å². The number of nitrogens with one attached hydrogen (secondary N) is 1. The SMILES string of the molecule is COc1ccc(C)cc1NC(=O)c1c(C)c2c(n1Cc1ccccc1F)CCCC2. The van der Waals surface area contributed by atoms with Crippen molar-refractivity contribution in [2.75, 3.05) is 12.4 Å². The van der Waals surface area contributed by atoms with Gasteiger partial charge in [0.05, 0.1) is 19.3 Å². The highest BCUT2D eigenvalue weighted by molar-refractivity contribution is 6.05. The minimum absolute atomic E-state index is 0.192. The predicted molar refractivity (Wildman–Crippen MR) is 117 cm³/mol. The van der Waals surface area contributed by atoms with Gasteiger partial charge in [-0.25, -0.2) is 4.39 Å². The van der Waals surface area contributed by atoms with Crippen molar-refractivity contribution >= 4 is 11.6 Å². The smallest absolute Gasteiger partial charge is 0.272 e. The van der Waals surface area contributed by atoms with Crippen molar-refractivity contribution in [1.29, 1.82) is 0 Å². The van der Waals surface area contributed by atoms with Gasteiger partial charge >= 0.3 is 0 Å². The lowest BCUT2D eigenvalue weighted by atomic mass is 9.95. The second-order valence-corrected chi connectivity index (χ2v) is 7.94. The molecule has 1 aromatic heterocycles. The Kier molecular flexibility index (Phi) is 5.62. The molecule has 1 N–H and O–H groups in total. The van der Waals surface area contributed by atoms with E-state index in [1.54, 1.807) is 19.2 Å². The third-order valence-electron chi connectivity index (χ3n) is 5.95. The number of carbonyl (C=O) groups excluding carboxylic acids is 1. The Morgan fingerprint density at radius 3 is 2.67 bits per heavy atom. The average molecular weight is 407 g/mol. The van der Waals surface area contributed by atoms with Crippen LogP contribution < -0.4 is 10.1 Å². The molecule has 1 aliphatic rings. The van der Waals surface area contributed by atoms with Crippen LogP contribution >= 0.6 is 0 Å². The zero-order chi connectivity index (χ0) is 21.3. The van der Waals surface area contributed by atoms with Crippen LogP contribution in [0.5, 0.6) is 5.75 Å². The highest BCUT2D eigenvalue weighted by Crippen LogP contribution is 2.32. The molecule has 5 heteroatoms. The topological polar surface area (TPSA) is 43.3 Å². The lowest BCUT2D eigenvalue weighted by Crippen LogP contribution is -2.20. The number of hydrogen-bond acceptors (Lipinski definition) is 2. The highest BCUT2D eigenvalue weighted by atomic mass is 19.1. The van der Waals surface area contributed by atoms with Crippen molar-refractivity contribution in [3.8, 4) is 5.75 Å². The number of benzene rings is 2. The van der Waals surface area contributed by atoms with Crippen molar-refractivity contribution in [3.05, 3.63) is 81.9 Å². The Morgan fingerprint density at radius 1 is 1.13 bits per heavy atom. The lowest BCUT2D eigenvalue weighted by molar-refractivity contribution is 0.101. The molecule has 4 nitrogen and oxygen atoms in total. The van der Waals surface area contributed by atoms with Crippen molar-refractivity contribution in [2.24, 2.45) is 0 Å². The molecule has 30 heavy (non-hydrogen) atoms. The minimum Gasteiger partial charge on any atom is -0.495 e. The summed E-state index contributed by atoms with van der Waals surface area (Å²) in [6.45, 7) is 4.32. The summed E-state index contributed by atoms with van der Waals surface area (Å²) in [5.41, 5.74) is 6.24. The van der Waals surface area contributed by atoms with Crippen molar-refractivity contribution in [3.63, 3.8) is 0 Å². The first-order chi connectivity index (χ1) is 14.5. The molecule has 1 heterocycles. The Balaban J connectivity index is 1.77. The zero-order valence-corrected chi connectivity index (χ0v) is 17.7. The predicted octanol–water partition coefficient (Wildman–Crippen LogP) is 5.43. The maximum atomic E-state index is 14.4. The zero-order valence-electron chi connectivity index (χ0n) is 17.7. The van der Waals surface area contributed by atoms with Crippen molar-refractivity contribution < 1.29 is 13.9 Å². The summed E-state index contributed by atoms with van der Waals surface area (Å²) >= 11 is 0. The van der Waals surface area contributed by atoms with E-state index < -0.39 is 0 Å². The van der Waals surface area contributed by atoms with Crippen LogP contribution in [0.25, 0.3) is 0 Å². The lowest BCUT2D eigenvalue weighted by Gasteiger charge is -2.18. The van der Waals surface area contributed by atoms with Crippen LogP contribution in [0.1, 0.15) is 51.3 Å². The number of halogens is 1. The summed E-state index contributed by atoms with van der Waals surface area (Å²) in [5.74, 6) is 0.172. The summed E-state index contributed by atoms with van der Waals surface area (Å²) in [5, 5.41) is 3.03. The molecular formula is C25H27FN2O2. The van der Waals surface area contributed by atoms with Gasteiger partial charge in [0, 0.05) is 11.3 Å². The molecular weight excluding hydrogens is 379 g/mol. The number of ether oxygens (including phenoxy) is 1. The van der Waals surface area contributed by atoms with Gasteiger partial charge in [0.1, 0.15) is 17.3 Å². The van der Waals surface area contributed by atoms with Gasteiger partial charge in [-0.2, -0.15) is 0 Å². The Hall–Kier alpha value is -3.08. The maximum Gasteiger partial charge on any atom is 0.272 e. The van der Waals surface area contributed by atoms with Gasteiger partial charge < -0.3 is 14.6 Å². The number of amides is 1. The number of aromatic nitrogens is 1. The van der Waals surface area contributed by atoms with Gasteiger partial charge in [-0.3, -0.25) is 4.79 Å². The van der Waals surface area contributed by atoms with E-state index in [0.717, 1.165) is 42.5 Å². The second kappa shape index (κ2) is 8.34. The van der Waals surface area contributed by atoms with Crippen molar-refractivity contribution in [2.45, 2.75) is 46.1 Å². The molecule has 1 aliphatic carbocycles. The van der Waals surface area contributed by atoms with E-state index in [1.165, 1.54) is 11.6 Å². The number of fused-ring (bicyclic) bond motifs is 1. The molecule has 1 amide bonds. The molecule has 0 fully saturated rings. The van der Waals surface area contributed by atoms with Crippen LogP contribution in [0.15, 0.2) is 42.5 Å². The van der Waals surface area contributed by atoms with E-state index >= 15 is 0 Å². The number of anilines is 1. The monoisotopic (exact) mass is 406 g/mol. The number of nitrogens with zero attached hydrogens (tertiary/aromatic N) is 1. The number of carbonyl (C=O) groups is 1. The van der Waals surface area contributed by atoms with Gasteiger partial charge in [-0.05, 0) is 74.4 Å². The van der Waals surface area contributed by atoms with E-state index in [9.17, 15) is 9.18 Å². The minimum atomic E-state index is -0.250. The first kappa shape index (κ1) is 20.2. The van der Waals surface area contributed by atoms with Crippen LogP contribution in [-0.2, 0) is 19.4 Å². The molecule has 0 saturated heterocycles. The Morgan fingerprint density at radius 2 is 1.90 bits per heavy atom. The molecule has 2 aromatic carbocycles. The van der Waals surface area contributed by atoms with Gasteiger partial charge in [-0.1, -0.05) is 24.3 Å². The summed E-state index contributed by atoms with van der Waals surface area (Å²) < 4.78 is 21.8. The second-order valence-electron chi connectivity index (χ2n) is 7.94. The van der Waals surface area contributed by atoms with Crippen LogP contribution in [0.3, 0.4) is 0 Å². The fourth-order valence-corrected chi connectivity index (χ4v) is 4.44. The summed E-state index contributed by atoms with van der Waals surface area (Å²) in [7, 11) is 1.59. The average Bonchev–Trinajstić information content (AvgIpc) is 3.02. The molecule has 0 atom stereocenters. The first-order valence-electron chi connectivity index (χ1n) is 10.4. The fourth-order valence-electron chi connectivity index (χ4n) is 4.44. The van der Waals surface area contributed by atoms with Crippen LogP contribution in [0, 0.1) is 19.7 Å². The summed E-state index contributed by atoms with van der Waals surface area (Å²) in [6, 6.07) is 12.5. The first-order valence-corrected chi connectivity index (χ1v) is 10.4. The van der Waals surface area contributed by atoms with Gasteiger partial charge in [0.25, 0.3) is 5.91 Å². The molecule has 0 bridgehead atoms. The number of aryl methyl sites for hydroxylation is 1. The van der Waals surface area contributed by atoms with Crippen LogP contribution in [0.2, 0.25) is 0 Å². The maximum absolute atomic E-state index is 14.4. The van der Waals surface area contributed by atoms with E-state index in [-0.39, 0.29) is 11.7 Å². The molecule has 0 saturated carbocycles. The fraction of sp³-hybridized carbons (Fsp3) is 0.320. The van der Waals surface area contributed by atoms with Crippen LogP contribution in [0.4, 0.5) is 10.1 Å². The van der Waals surface area contributed by atoms with Gasteiger partial charge in [0.2, 0.25) is 0 Å². The molecule has 0 unspecified atom stereocenters. The largest absolute Gasteiger partial charge is 0.495 e. The molecule has 0 spiro atoms. The quantitative estimate of drug-likeness (QED) is 0.614. The summed E-state index contributed by atoms with van der Waals surface area (Å²) in [6.07, 6.45) is 4.07. The number of methoxy groups -OCH3 is 1. The van der Waals surface area contributed by atoms with Gasteiger partial charge in [0.15, 0.2) is 0 Å². The van der Waals surface area contributed by atoms with E-state index in [0.29, 0.717) is 29.2 Å². The van der Waals surface area contributed by atoms with Crippen LogP contribution in [-0.4, -0.2) is 17.6 Å². The van der Waals surface area contributed by atoms with E-state index in [4.69, 9.17) is 4.74 Å². The third-order valence-corrected chi connectivity index (χ3v) is 5.95. The number of rotatable bonds is 5. The molecule has 0 radical (unpaired) electrons. The Bertz CT molecular complexity index is 1100. The molecule has 3 aromatic rings. The highest BCUT2D eigenvalue weighted by Gasteiger charge is 2.27. The van der Waals surface area contributed by atoms with Gasteiger partial charge in [-0.15, -0.1) is 0 Å². The molecule has 4 rings (SSSR count). The molecule has 0 aliphatic heterocycles. The van der Waals surface area contributed by atoms with E-state index in [1.807, 2.05) is 42.7 Å². The standard InChI is InChI=1S/C25H27FN2O2/c1-16-12-13-23(30-3)21(14-16)27-25(29)24-17(2)19-9-5-7-11-22(19)28(24)15-18-8-4-6-10-20(18)26/h4,6,8,10,12-14H,5,7,9,11,15H2,1-3H3,(H,27,29). The third kappa shape index (κ3) is 3.72. The summed E-state index contributed by atoms with van der Waals surface area (Å²) in [4.78, 5) is 13.4. The normalized spacial score (nSPS) is 13.1. The number of hydrogen-bond donors (Lipinski definition) is 1. The Labute approximate surface area is 176 Å². The van der Waals surface area contributed by atoms with Crippen molar-refractivity contribution in [1.82, 2.24) is 4.57 Å².